The second-order valence-corrected chi connectivity index (χ2v) is 5.14. The molecule has 1 aliphatic heterocycles. The molecule has 0 bridgehead atoms. The Hall–Kier alpha value is -1.10. The lowest BCUT2D eigenvalue weighted by molar-refractivity contribution is 0.392. The molecule has 0 atom stereocenters. The van der Waals surface area contributed by atoms with Crippen molar-refractivity contribution < 1.29 is 0 Å². The third kappa shape index (κ3) is 2.04. The molecule has 1 aliphatic carbocycles. The average Bonchev–Trinajstić information content (AvgIpc) is 2.53. The van der Waals surface area contributed by atoms with Gasteiger partial charge in [-0.25, -0.2) is 0 Å². The van der Waals surface area contributed by atoms with Crippen LogP contribution < -0.4 is 10.2 Å². The summed E-state index contributed by atoms with van der Waals surface area (Å²) in [5.74, 6) is 2.89. The van der Waals surface area contributed by atoms with Gasteiger partial charge in [0.1, 0.15) is 5.82 Å². The van der Waals surface area contributed by atoms with Crippen molar-refractivity contribution >= 4 is 5.95 Å². The first-order valence-corrected chi connectivity index (χ1v) is 6.71. The molecule has 5 heteroatoms. The number of aromatic nitrogens is 3. The molecule has 1 saturated heterocycles. The summed E-state index contributed by atoms with van der Waals surface area (Å²) in [7, 11) is 2.11. The Balaban J connectivity index is 1.79. The average molecular weight is 235 g/mol. The van der Waals surface area contributed by atoms with Crippen LogP contribution in [0.5, 0.6) is 0 Å². The van der Waals surface area contributed by atoms with Crippen molar-refractivity contribution in [2.75, 3.05) is 31.1 Å². The number of nitrogens with one attached hydrogen (secondary N) is 1. The van der Waals surface area contributed by atoms with Gasteiger partial charge in [-0.05, 0) is 25.8 Å². The highest BCUT2D eigenvalue weighted by molar-refractivity contribution is 5.32. The maximum Gasteiger partial charge on any atom is 0.227 e. The monoisotopic (exact) mass is 235 g/mol. The van der Waals surface area contributed by atoms with Crippen molar-refractivity contribution in [3.63, 3.8) is 0 Å². The summed E-state index contributed by atoms with van der Waals surface area (Å²) in [5.41, 5.74) is 0. The zero-order chi connectivity index (χ0) is 11.7. The maximum atomic E-state index is 4.40. The molecule has 17 heavy (non-hydrogen) atoms. The summed E-state index contributed by atoms with van der Waals surface area (Å²) in [6.07, 6.45) is 5.10. The zero-order valence-corrected chi connectivity index (χ0v) is 10.5. The first-order chi connectivity index (χ1) is 8.36. The molecule has 0 radical (unpaired) electrons. The van der Waals surface area contributed by atoms with Gasteiger partial charge in [-0.1, -0.05) is 6.42 Å². The van der Waals surface area contributed by atoms with Gasteiger partial charge in [0, 0.05) is 32.6 Å². The summed E-state index contributed by atoms with van der Waals surface area (Å²) in [5, 5.41) is 12.2. The van der Waals surface area contributed by atoms with Gasteiger partial charge in [-0.15, -0.1) is 10.2 Å². The van der Waals surface area contributed by atoms with Crippen LogP contribution in [0.3, 0.4) is 0 Å². The first kappa shape index (κ1) is 11.0. The summed E-state index contributed by atoms with van der Waals surface area (Å²) in [6, 6.07) is 0. The van der Waals surface area contributed by atoms with Gasteiger partial charge in [0.15, 0.2) is 0 Å². The smallest absolute Gasteiger partial charge is 0.227 e. The fourth-order valence-electron chi connectivity index (χ4n) is 2.68. The van der Waals surface area contributed by atoms with Crippen LogP contribution in [-0.4, -0.2) is 40.9 Å². The topological polar surface area (TPSA) is 46.0 Å². The molecule has 0 amide bonds. The van der Waals surface area contributed by atoms with Crippen molar-refractivity contribution in [1.29, 1.82) is 0 Å². The van der Waals surface area contributed by atoms with Gasteiger partial charge in [0.2, 0.25) is 5.95 Å². The van der Waals surface area contributed by atoms with Crippen LogP contribution in [0.15, 0.2) is 0 Å². The lowest BCUT2D eigenvalue weighted by Gasteiger charge is -2.25. The molecule has 0 unspecified atom stereocenters. The van der Waals surface area contributed by atoms with Gasteiger partial charge in [0.05, 0.1) is 0 Å². The van der Waals surface area contributed by atoms with Gasteiger partial charge in [0.25, 0.3) is 0 Å². The Kier molecular flexibility index (Phi) is 3.01. The molecule has 1 N–H and O–H groups in total. The molecule has 2 aliphatic rings. The molecule has 0 spiro atoms. The van der Waals surface area contributed by atoms with E-state index in [-0.39, 0.29) is 0 Å². The molecular weight excluding hydrogens is 214 g/mol. The lowest BCUT2D eigenvalue weighted by Crippen LogP contribution is -2.30. The molecule has 0 aromatic carbocycles. The molecule has 2 heterocycles. The van der Waals surface area contributed by atoms with Crippen molar-refractivity contribution in [3.05, 3.63) is 5.82 Å². The highest BCUT2D eigenvalue weighted by atomic mass is 15.4. The molecule has 2 fully saturated rings. The van der Waals surface area contributed by atoms with E-state index >= 15 is 0 Å². The van der Waals surface area contributed by atoms with E-state index in [1.807, 2.05) is 0 Å². The highest BCUT2D eigenvalue weighted by Crippen LogP contribution is 2.35. The van der Waals surface area contributed by atoms with Crippen molar-refractivity contribution in [3.8, 4) is 0 Å². The van der Waals surface area contributed by atoms with Crippen LogP contribution in [0.1, 0.15) is 37.4 Å². The van der Waals surface area contributed by atoms with E-state index < -0.39 is 0 Å². The van der Waals surface area contributed by atoms with Gasteiger partial charge in [-0.3, -0.25) is 0 Å². The summed E-state index contributed by atoms with van der Waals surface area (Å²) in [6.45, 7) is 4.29. The van der Waals surface area contributed by atoms with Crippen molar-refractivity contribution in [2.24, 2.45) is 7.05 Å². The normalized spacial score (nSPS) is 22.3. The van der Waals surface area contributed by atoms with E-state index in [0.717, 1.165) is 32.1 Å². The molecular formula is C12H21N5. The summed E-state index contributed by atoms with van der Waals surface area (Å²) in [4.78, 5) is 2.36. The molecule has 1 saturated carbocycles. The summed E-state index contributed by atoms with van der Waals surface area (Å²) < 4.78 is 2.20. The Morgan fingerprint density at radius 2 is 2.00 bits per heavy atom. The van der Waals surface area contributed by atoms with Crippen LogP contribution in [0.2, 0.25) is 0 Å². The number of anilines is 1. The third-order valence-corrected chi connectivity index (χ3v) is 3.98. The van der Waals surface area contributed by atoms with Crippen molar-refractivity contribution in [1.82, 2.24) is 20.1 Å². The number of hydrogen-bond acceptors (Lipinski definition) is 4. The Bertz CT molecular complexity index is 374. The van der Waals surface area contributed by atoms with Crippen LogP contribution in [0.4, 0.5) is 5.95 Å². The Labute approximate surface area is 102 Å². The summed E-state index contributed by atoms with van der Waals surface area (Å²) >= 11 is 0. The quantitative estimate of drug-likeness (QED) is 0.826. The van der Waals surface area contributed by atoms with E-state index in [0.29, 0.717) is 5.92 Å². The van der Waals surface area contributed by atoms with E-state index in [1.165, 1.54) is 31.5 Å². The standard InChI is InChI=1S/C12H21N5/c1-16-11(10-4-2-5-10)14-15-12(16)17-8-3-6-13-7-9-17/h10,13H,2-9H2,1H3. The van der Waals surface area contributed by atoms with Gasteiger partial charge >= 0.3 is 0 Å². The van der Waals surface area contributed by atoms with E-state index in [9.17, 15) is 0 Å². The van der Waals surface area contributed by atoms with Gasteiger partial charge in [-0.2, -0.15) is 0 Å². The second-order valence-electron chi connectivity index (χ2n) is 5.14. The molecule has 3 rings (SSSR count). The van der Waals surface area contributed by atoms with Crippen LogP contribution in [0.25, 0.3) is 0 Å². The minimum absolute atomic E-state index is 0.659. The number of hydrogen-bond donors (Lipinski definition) is 1. The van der Waals surface area contributed by atoms with Crippen LogP contribution >= 0.6 is 0 Å². The Morgan fingerprint density at radius 1 is 1.12 bits per heavy atom. The predicted octanol–water partition coefficient (Wildman–Crippen LogP) is 0.882. The van der Waals surface area contributed by atoms with Gasteiger partial charge < -0.3 is 14.8 Å². The van der Waals surface area contributed by atoms with E-state index in [2.05, 4.69) is 32.0 Å². The highest BCUT2D eigenvalue weighted by Gasteiger charge is 2.26. The second kappa shape index (κ2) is 4.64. The Morgan fingerprint density at radius 3 is 2.76 bits per heavy atom. The largest absolute Gasteiger partial charge is 0.340 e. The SMILES string of the molecule is Cn1c(C2CCC2)nnc1N1CCCNCC1. The third-order valence-electron chi connectivity index (χ3n) is 3.98. The predicted molar refractivity (Wildman–Crippen MR) is 67.3 cm³/mol. The van der Waals surface area contributed by atoms with E-state index in [4.69, 9.17) is 0 Å². The molecule has 1 aromatic heterocycles. The minimum Gasteiger partial charge on any atom is -0.340 e. The fraction of sp³-hybridized carbons (Fsp3) is 0.833. The molecule has 1 aromatic rings. The maximum absolute atomic E-state index is 4.40. The van der Waals surface area contributed by atoms with E-state index in [1.54, 1.807) is 0 Å². The number of nitrogens with zero attached hydrogens (tertiary/aromatic N) is 4. The lowest BCUT2D eigenvalue weighted by atomic mass is 9.85. The van der Waals surface area contributed by atoms with Crippen LogP contribution in [0, 0.1) is 0 Å². The van der Waals surface area contributed by atoms with Crippen molar-refractivity contribution in [2.45, 2.75) is 31.6 Å². The molecule has 5 nitrogen and oxygen atoms in total. The molecule has 94 valence electrons. The number of rotatable bonds is 2. The first-order valence-electron chi connectivity index (χ1n) is 6.71. The van der Waals surface area contributed by atoms with Crippen LogP contribution in [-0.2, 0) is 7.05 Å². The zero-order valence-electron chi connectivity index (χ0n) is 10.5. The fourth-order valence-corrected chi connectivity index (χ4v) is 2.68. The minimum atomic E-state index is 0.659.